The molecule has 1 rings (SSSR count). The van der Waals surface area contributed by atoms with Gasteiger partial charge in [0.15, 0.2) is 0 Å². The molecule has 0 saturated carbocycles. The Morgan fingerprint density at radius 2 is 2.17 bits per heavy atom. The Labute approximate surface area is 76.7 Å². The minimum Gasteiger partial charge on any atom is -0.211 e. The predicted molar refractivity (Wildman–Crippen MR) is 52.9 cm³/mol. The first-order valence-corrected chi connectivity index (χ1v) is 4.79. The lowest BCUT2D eigenvalue weighted by atomic mass is 9.94. The maximum atomic E-state index is 13.3. The Bertz CT molecular complexity index is 265. The fourth-order valence-corrected chi connectivity index (χ4v) is 1.36. The second-order valence-electron chi connectivity index (χ2n) is 3.76. The monoisotopic (exact) mass is 184 g/mol. The van der Waals surface area contributed by atoms with Gasteiger partial charge in [0.25, 0.3) is 0 Å². The summed E-state index contributed by atoms with van der Waals surface area (Å²) >= 11 is 1.55. The highest BCUT2D eigenvalue weighted by molar-refractivity contribution is 7.10. The van der Waals surface area contributed by atoms with Gasteiger partial charge in [-0.25, -0.2) is 4.39 Å². The summed E-state index contributed by atoms with van der Waals surface area (Å²) in [5.41, 5.74) is -0.371. The molecule has 0 atom stereocenters. The van der Waals surface area contributed by atoms with Crippen molar-refractivity contribution in [1.29, 1.82) is 0 Å². The summed E-state index contributed by atoms with van der Waals surface area (Å²) in [5, 5.41) is 1.95. The van der Waals surface area contributed by atoms with Crippen LogP contribution in [0.1, 0.15) is 25.6 Å². The maximum Gasteiger partial charge on any atom is 0.107 e. The lowest BCUT2D eigenvalue weighted by Crippen LogP contribution is -2.04. The van der Waals surface area contributed by atoms with Gasteiger partial charge in [-0.05, 0) is 17.5 Å². The van der Waals surface area contributed by atoms with Crippen LogP contribution in [0.5, 0.6) is 0 Å². The van der Waals surface area contributed by atoms with E-state index < -0.39 is 0 Å². The highest BCUT2D eigenvalue weighted by Crippen LogP contribution is 2.28. The molecule has 0 aromatic carbocycles. The average Bonchev–Trinajstić information content (AvgIpc) is 2.37. The Balaban J connectivity index is 2.84. The maximum absolute atomic E-state index is 13.3. The van der Waals surface area contributed by atoms with Gasteiger partial charge >= 0.3 is 0 Å². The van der Waals surface area contributed by atoms with Crippen molar-refractivity contribution in [3.63, 3.8) is 0 Å². The number of hydrogen-bond acceptors (Lipinski definition) is 1. The molecule has 12 heavy (non-hydrogen) atoms. The summed E-state index contributed by atoms with van der Waals surface area (Å²) in [6.07, 6.45) is 1.60. The predicted octanol–water partition coefficient (Wildman–Crippen LogP) is 4.10. The van der Waals surface area contributed by atoms with Crippen LogP contribution in [0.2, 0.25) is 0 Å². The normalized spacial score (nSPS) is 13.5. The van der Waals surface area contributed by atoms with Crippen molar-refractivity contribution in [2.45, 2.75) is 20.8 Å². The summed E-state index contributed by atoms with van der Waals surface area (Å²) in [6, 6.07) is 3.84. The van der Waals surface area contributed by atoms with Gasteiger partial charge in [-0.3, -0.25) is 0 Å². The van der Waals surface area contributed by atoms with Crippen LogP contribution in [0.4, 0.5) is 4.39 Å². The molecule has 2 heteroatoms. The van der Waals surface area contributed by atoms with E-state index in [1.54, 1.807) is 17.4 Å². The van der Waals surface area contributed by atoms with E-state index in [4.69, 9.17) is 0 Å². The van der Waals surface area contributed by atoms with Crippen LogP contribution in [0.3, 0.4) is 0 Å². The van der Waals surface area contributed by atoms with Gasteiger partial charge in [-0.15, -0.1) is 11.3 Å². The molecule has 0 aliphatic carbocycles. The second-order valence-corrected chi connectivity index (χ2v) is 4.74. The minimum atomic E-state index is -0.371. The first-order chi connectivity index (χ1) is 5.50. The highest BCUT2D eigenvalue weighted by Gasteiger charge is 2.16. The standard InChI is InChI=1S/C10H13FS/c1-10(2,3)9(11)7-8-5-4-6-12-8/h4-7H,1-3H3/b9-7-. The SMILES string of the molecule is CC(C)(C)/C(F)=C/c1cccs1. The Hall–Kier alpha value is -0.630. The summed E-state index contributed by atoms with van der Waals surface area (Å²) < 4.78 is 13.3. The van der Waals surface area contributed by atoms with Gasteiger partial charge in [-0.2, -0.15) is 0 Å². The van der Waals surface area contributed by atoms with Crippen molar-refractivity contribution in [2.24, 2.45) is 5.41 Å². The van der Waals surface area contributed by atoms with Crippen molar-refractivity contribution in [3.05, 3.63) is 28.2 Å². The van der Waals surface area contributed by atoms with Crippen molar-refractivity contribution in [3.8, 4) is 0 Å². The fraction of sp³-hybridized carbons (Fsp3) is 0.400. The van der Waals surface area contributed by atoms with E-state index in [1.165, 1.54) is 0 Å². The summed E-state index contributed by atoms with van der Waals surface area (Å²) in [7, 11) is 0. The molecule has 0 amide bonds. The van der Waals surface area contributed by atoms with Crippen LogP contribution in [-0.2, 0) is 0 Å². The van der Waals surface area contributed by atoms with E-state index >= 15 is 0 Å². The molecule has 0 aliphatic heterocycles. The van der Waals surface area contributed by atoms with Gasteiger partial charge in [0.2, 0.25) is 0 Å². The van der Waals surface area contributed by atoms with E-state index in [9.17, 15) is 4.39 Å². The third kappa shape index (κ3) is 2.45. The van der Waals surface area contributed by atoms with Gasteiger partial charge in [0.1, 0.15) is 5.83 Å². The van der Waals surface area contributed by atoms with E-state index in [0.29, 0.717) is 0 Å². The van der Waals surface area contributed by atoms with Gasteiger partial charge in [0.05, 0.1) is 0 Å². The number of thiophene rings is 1. The molecule has 0 radical (unpaired) electrons. The zero-order chi connectivity index (χ0) is 9.19. The van der Waals surface area contributed by atoms with Crippen molar-refractivity contribution < 1.29 is 4.39 Å². The third-order valence-electron chi connectivity index (χ3n) is 1.53. The number of halogens is 1. The molecule has 1 aromatic heterocycles. The molecule has 0 bridgehead atoms. The quantitative estimate of drug-likeness (QED) is 0.616. The minimum absolute atomic E-state index is 0.0649. The van der Waals surface area contributed by atoms with Crippen molar-refractivity contribution >= 4 is 17.4 Å². The van der Waals surface area contributed by atoms with Gasteiger partial charge in [0, 0.05) is 10.3 Å². The van der Waals surface area contributed by atoms with Crippen LogP contribution < -0.4 is 0 Å². The molecule has 1 aromatic rings. The average molecular weight is 184 g/mol. The molecule has 0 fully saturated rings. The Kier molecular flexibility index (Phi) is 2.68. The first kappa shape index (κ1) is 9.46. The molecule has 0 spiro atoms. The van der Waals surface area contributed by atoms with E-state index in [1.807, 2.05) is 38.3 Å². The van der Waals surface area contributed by atoms with Gasteiger partial charge in [-0.1, -0.05) is 26.8 Å². The van der Waals surface area contributed by atoms with Crippen LogP contribution in [0.15, 0.2) is 23.3 Å². The highest BCUT2D eigenvalue weighted by atomic mass is 32.1. The first-order valence-electron chi connectivity index (χ1n) is 3.91. The summed E-state index contributed by atoms with van der Waals surface area (Å²) in [5.74, 6) is -0.0649. The van der Waals surface area contributed by atoms with Crippen LogP contribution in [-0.4, -0.2) is 0 Å². The van der Waals surface area contributed by atoms with E-state index in [0.717, 1.165) is 4.88 Å². The molecule has 1 heterocycles. The molecule has 0 nitrogen and oxygen atoms in total. The van der Waals surface area contributed by atoms with Crippen molar-refractivity contribution in [1.82, 2.24) is 0 Å². The number of rotatable bonds is 1. The van der Waals surface area contributed by atoms with Crippen LogP contribution in [0.25, 0.3) is 6.08 Å². The van der Waals surface area contributed by atoms with Crippen LogP contribution in [0, 0.1) is 5.41 Å². The molecule has 0 saturated heterocycles. The second kappa shape index (κ2) is 3.40. The molecule has 0 N–H and O–H groups in total. The smallest absolute Gasteiger partial charge is 0.107 e. The zero-order valence-corrected chi connectivity index (χ0v) is 8.41. The largest absolute Gasteiger partial charge is 0.211 e. The lowest BCUT2D eigenvalue weighted by Gasteiger charge is -2.14. The molecular formula is C10H13FS. The third-order valence-corrected chi connectivity index (χ3v) is 2.35. The number of allylic oxidation sites excluding steroid dienone is 1. The fourth-order valence-electron chi connectivity index (χ4n) is 0.715. The van der Waals surface area contributed by atoms with E-state index in [-0.39, 0.29) is 11.2 Å². The summed E-state index contributed by atoms with van der Waals surface area (Å²) in [6.45, 7) is 5.60. The Morgan fingerprint density at radius 3 is 2.58 bits per heavy atom. The van der Waals surface area contributed by atoms with Crippen LogP contribution >= 0.6 is 11.3 Å². The lowest BCUT2D eigenvalue weighted by molar-refractivity contribution is 0.389. The zero-order valence-electron chi connectivity index (χ0n) is 7.60. The molecule has 66 valence electrons. The van der Waals surface area contributed by atoms with Crippen molar-refractivity contribution in [2.75, 3.05) is 0 Å². The number of hydrogen-bond donors (Lipinski definition) is 0. The topological polar surface area (TPSA) is 0 Å². The molecular weight excluding hydrogens is 171 g/mol. The summed E-state index contributed by atoms with van der Waals surface area (Å²) in [4.78, 5) is 0.974. The molecule has 0 aliphatic rings. The van der Waals surface area contributed by atoms with E-state index in [2.05, 4.69) is 0 Å². The molecule has 0 unspecified atom stereocenters. The van der Waals surface area contributed by atoms with Gasteiger partial charge < -0.3 is 0 Å². The Morgan fingerprint density at radius 1 is 1.50 bits per heavy atom.